The highest BCUT2D eigenvalue weighted by Gasteiger charge is 2.00. The van der Waals surface area contributed by atoms with Gasteiger partial charge in [0, 0.05) is 19.2 Å². The summed E-state index contributed by atoms with van der Waals surface area (Å²) < 4.78 is 0. The molecule has 0 aliphatic heterocycles. The number of hydrogen-bond donors (Lipinski definition) is 2. The van der Waals surface area contributed by atoms with Gasteiger partial charge in [-0.1, -0.05) is 12.2 Å². The maximum Gasteiger partial charge on any atom is 0.216 e. The second-order valence-corrected chi connectivity index (χ2v) is 4.24. The predicted molar refractivity (Wildman–Crippen MR) is 72.7 cm³/mol. The summed E-state index contributed by atoms with van der Waals surface area (Å²) in [5, 5.41) is 2.76. The van der Waals surface area contributed by atoms with E-state index in [0.717, 1.165) is 12.1 Å². The number of rotatable bonds is 4. The van der Waals surface area contributed by atoms with Crippen LogP contribution in [0.15, 0.2) is 18.2 Å². The molecule has 3 nitrogen and oxygen atoms in total. The zero-order valence-corrected chi connectivity index (χ0v) is 10.7. The molecule has 0 aromatic heterocycles. The number of nitrogens with two attached hydrogens (primary N) is 1. The van der Waals surface area contributed by atoms with Crippen LogP contribution in [0.3, 0.4) is 0 Å². The smallest absolute Gasteiger partial charge is 0.216 e. The number of anilines is 1. The zero-order chi connectivity index (χ0) is 12.8. The van der Waals surface area contributed by atoms with Crippen LogP contribution in [0, 0.1) is 13.8 Å². The Bertz CT molecular complexity index is 413. The average molecular weight is 232 g/mol. The van der Waals surface area contributed by atoms with E-state index < -0.39 is 0 Å². The standard InChI is InChI=1S/C14H20N2O/c1-10-8-13(15)9-11(2)14(10)6-4-5-7-16-12(3)17/h4,6,8-9H,5,7,15H2,1-3H3,(H,16,17). The van der Waals surface area contributed by atoms with Gasteiger partial charge in [-0.05, 0) is 49.1 Å². The summed E-state index contributed by atoms with van der Waals surface area (Å²) in [6.45, 7) is 6.31. The van der Waals surface area contributed by atoms with Crippen LogP contribution in [0.25, 0.3) is 6.08 Å². The Kier molecular flexibility index (Phi) is 4.76. The van der Waals surface area contributed by atoms with Crippen LogP contribution in [0.1, 0.15) is 30.0 Å². The molecule has 0 atom stereocenters. The van der Waals surface area contributed by atoms with E-state index in [9.17, 15) is 4.79 Å². The maximum absolute atomic E-state index is 10.7. The van der Waals surface area contributed by atoms with E-state index in [4.69, 9.17) is 5.73 Å². The van der Waals surface area contributed by atoms with E-state index >= 15 is 0 Å². The van der Waals surface area contributed by atoms with Crippen molar-refractivity contribution in [1.82, 2.24) is 5.32 Å². The van der Waals surface area contributed by atoms with Crippen molar-refractivity contribution in [2.45, 2.75) is 27.2 Å². The Morgan fingerprint density at radius 1 is 1.35 bits per heavy atom. The quantitative estimate of drug-likeness (QED) is 0.618. The third-order valence-corrected chi connectivity index (χ3v) is 2.59. The normalized spacial score (nSPS) is 10.8. The fourth-order valence-corrected chi connectivity index (χ4v) is 1.80. The van der Waals surface area contributed by atoms with Gasteiger partial charge in [-0.3, -0.25) is 4.79 Å². The minimum absolute atomic E-state index is 0.0123. The van der Waals surface area contributed by atoms with Gasteiger partial charge in [0.15, 0.2) is 0 Å². The van der Waals surface area contributed by atoms with E-state index in [-0.39, 0.29) is 5.91 Å². The van der Waals surface area contributed by atoms with Crippen molar-refractivity contribution in [3.8, 4) is 0 Å². The Morgan fingerprint density at radius 3 is 2.47 bits per heavy atom. The number of hydrogen-bond acceptors (Lipinski definition) is 2. The van der Waals surface area contributed by atoms with Crippen LogP contribution >= 0.6 is 0 Å². The Hall–Kier alpha value is -1.77. The molecule has 0 bridgehead atoms. The maximum atomic E-state index is 10.7. The molecule has 0 aliphatic rings. The van der Waals surface area contributed by atoms with Crippen LogP contribution in [0.4, 0.5) is 5.69 Å². The summed E-state index contributed by atoms with van der Waals surface area (Å²) in [6.07, 6.45) is 5.00. The van der Waals surface area contributed by atoms with Crippen LogP contribution in [0.5, 0.6) is 0 Å². The fraction of sp³-hybridized carbons (Fsp3) is 0.357. The van der Waals surface area contributed by atoms with Crippen molar-refractivity contribution in [2.75, 3.05) is 12.3 Å². The minimum Gasteiger partial charge on any atom is -0.399 e. The highest BCUT2D eigenvalue weighted by molar-refractivity contribution is 5.72. The lowest BCUT2D eigenvalue weighted by Crippen LogP contribution is -2.20. The molecule has 0 aliphatic carbocycles. The average Bonchev–Trinajstić information content (AvgIpc) is 2.20. The molecule has 0 unspecified atom stereocenters. The zero-order valence-electron chi connectivity index (χ0n) is 10.7. The fourth-order valence-electron chi connectivity index (χ4n) is 1.80. The Balaban J connectivity index is 2.62. The number of nitrogen functional groups attached to an aromatic ring is 1. The lowest BCUT2D eigenvalue weighted by atomic mass is 10.0. The van der Waals surface area contributed by atoms with Gasteiger partial charge in [0.05, 0.1) is 0 Å². The molecule has 1 amide bonds. The van der Waals surface area contributed by atoms with Crippen LogP contribution < -0.4 is 11.1 Å². The molecular formula is C14H20N2O. The summed E-state index contributed by atoms with van der Waals surface area (Å²) in [5.74, 6) is 0.0123. The third kappa shape index (κ3) is 4.31. The molecule has 1 aromatic carbocycles. The van der Waals surface area contributed by atoms with Gasteiger partial charge in [-0.25, -0.2) is 0 Å². The van der Waals surface area contributed by atoms with Crippen molar-refractivity contribution in [3.63, 3.8) is 0 Å². The predicted octanol–water partition coefficient (Wildman–Crippen LogP) is 2.43. The molecule has 3 N–H and O–H groups in total. The number of carbonyl (C=O) groups excluding carboxylic acids is 1. The molecule has 0 spiro atoms. The molecule has 17 heavy (non-hydrogen) atoms. The molecule has 1 rings (SSSR count). The van der Waals surface area contributed by atoms with Gasteiger partial charge in [-0.2, -0.15) is 0 Å². The SMILES string of the molecule is CC(=O)NCCC=Cc1c(C)cc(N)cc1C. The van der Waals surface area contributed by atoms with E-state index in [1.54, 1.807) is 0 Å². The summed E-state index contributed by atoms with van der Waals surface area (Å²) in [5.41, 5.74) is 10.1. The number of amides is 1. The molecule has 0 radical (unpaired) electrons. The van der Waals surface area contributed by atoms with Gasteiger partial charge < -0.3 is 11.1 Å². The van der Waals surface area contributed by atoms with Crippen LogP contribution in [-0.4, -0.2) is 12.5 Å². The minimum atomic E-state index is 0.0123. The first-order valence-electron chi connectivity index (χ1n) is 5.78. The van der Waals surface area contributed by atoms with Crippen molar-refractivity contribution in [3.05, 3.63) is 34.9 Å². The molecule has 1 aromatic rings. The number of nitrogens with one attached hydrogen (secondary N) is 1. The van der Waals surface area contributed by atoms with Gasteiger partial charge in [0.25, 0.3) is 0 Å². The van der Waals surface area contributed by atoms with Gasteiger partial charge >= 0.3 is 0 Å². The second-order valence-electron chi connectivity index (χ2n) is 4.24. The lowest BCUT2D eigenvalue weighted by molar-refractivity contribution is -0.118. The van der Waals surface area contributed by atoms with Crippen molar-refractivity contribution in [2.24, 2.45) is 0 Å². The highest BCUT2D eigenvalue weighted by atomic mass is 16.1. The second kappa shape index (κ2) is 6.09. The Labute approximate surface area is 103 Å². The highest BCUT2D eigenvalue weighted by Crippen LogP contribution is 2.19. The lowest BCUT2D eigenvalue weighted by Gasteiger charge is -2.06. The topological polar surface area (TPSA) is 55.1 Å². The monoisotopic (exact) mass is 232 g/mol. The van der Waals surface area contributed by atoms with Crippen LogP contribution in [-0.2, 0) is 4.79 Å². The van der Waals surface area contributed by atoms with E-state index in [1.165, 1.54) is 23.6 Å². The number of carbonyl (C=O) groups is 1. The Morgan fingerprint density at radius 2 is 1.94 bits per heavy atom. The first-order valence-corrected chi connectivity index (χ1v) is 5.78. The van der Waals surface area contributed by atoms with Gasteiger partial charge in [0.1, 0.15) is 0 Å². The molecule has 0 heterocycles. The number of aryl methyl sites for hydroxylation is 2. The largest absolute Gasteiger partial charge is 0.399 e. The first-order chi connectivity index (χ1) is 8.00. The van der Waals surface area contributed by atoms with Gasteiger partial charge in [-0.15, -0.1) is 0 Å². The molecule has 0 fully saturated rings. The van der Waals surface area contributed by atoms with Crippen LogP contribution in [0.2, 0.25) is 0 Å². The van der Waals surface area contributed by atoms with Crippen molar-refractivity contribution >= 4 is 17.7 Å². The molecule has 0 saturated heterocycles. The van der Waals surface area contributed by atoms with Crippen molar-refractivity contribution < 1.29 is 4.79 Å². The summed E-state index contributed by atoms with van der Waals surface area (Å²) in [7, 11) is 0. The summed E-state index contributed by atoms with van der Waals surface area (Å²) in [4.78, 5) is 10.7. The third-order valence-electron chi connectivity index (χ3n) is 2.59. The summed E-state index contributed by atoms with van der Waals surface area (Å²) in [6, 6.07) is 3.95. The van der Waals surface area contributed by atoms with E-state index in [2.05, 4.69) is 31.3 Å². The number of benzene rings is 1. The van der Waals surface area contributed by atoms with Gasteiger partial charge in [0.2, 0.25) is 5.91 Å². The first kappa shape index (κ1) is 13.3. The van der Waals surface area contributed by atoms with Crippen molar-refractivity contribution in [1.29, 1.82) is 0 Å². The van der Waals surface area contributed by atoms with E-state index in [0.29, 0.717) is 6.54 Å². The molecule has 0 saturated carbocycles. The summed E-state index contributed by atoms with van der Waals surface area (Å²) >= 11 is 0. The molecule has 3 heteroatoms. The molecule has 92 valence electrons. The molecular weight excluding hydrogens is 212 g/mol. The van der Waals surface area contributed by atoms with E-state index in [1.807, 2.05) is 12.1 Å².